The summed E-state index contributed by atoms with van der Waals surface area (Å²) in [4.78, 5) is 0. The fourth-order valence-electron chi connectivity index (χ4n) is 1.31. The van der Waals surface area contributed by atoms with Crippen LogP contribution in [0.15, 0.2) is 64.8 Å². The Hall–Kier alpha value is -2.05. The van der Waals surface area contributed by atoms with E-state index in [4.69, 9.17) is 4.55 Å². The van der Waals surface area contributed by atoms with E-state index in [0.717, 1.165) is 5.69 Å². The second-order valence-electron chi connectivity index (χ2n) is 3.43. The van der Waals surface area contributed by atoms with Gasteiger partial charge in [0.2, 0.25) is 0 Å². The van der Waals surface area contributed by atoms with E-state index in [-0.39, 0.29) is 0 Å². The van der Waals surface area contributed by atoms with Gasteiger partial charge in [-0.05, 0) is 36.4 Å². The van der Waals surface area contributed by atoms with Gasteiger partial charge in [-0.25, -0.2) is 4.21 Å². The van der Waals surface area contributed by atoms with Gasteiger partial charge in [0.25, 0.3) is 11.3 Å². The molecule has 0 aliphatic heterocycles. The van der Waals surface area contributed by atoms with Crippen LogP contribution < -0.4 is 4.72 Å². The number of nitrogens with zero attached hydrogens (tertiary/aromatic N) is 2. The molecule has 2 rings (SSSR count). The van der Waals surface area contributed by atoms with E-state index in [1.807, 2.05) is 30.3 Å². The molecular weight excluding hydrogens is 250 g/mol. The molecule has 0 saturated carbocycles. The number of benzene rings is 2. The predicted molar refractivity (Wildman–Crippen MR) is 71.5 cm³/mol. The Bertz CT molecular complexity index is 555. The summed E-state index contributed by atoms with van der Waals surface area (Å²) in [6.45, 7) is 0. The van der Waals surface area contributed by atoms with E-state index >= 15 is 0 Å². The van der Waals surface area contributed by atoms with Crippen molar-refractivity contribution in [2.45, 2.75) is 0 Å². The third kappa shape index (κ3) is 3.76. The van der Waals surface area contributed by atoms with Gasteiger partial charge in [0.1, 0.15) is 0 Å². The van der Waals surface area contributed by atoms with E-state index in [2.05, 4.69) is 15.0 Å². The molecule has 0 saturated heterocycles. The topological polar surface area (TPSA) is 74.0 Å². The van der Waals surface area contributed by atoms with Crippen molar-refractivity contribution in [1.82, 2.24) is 0 Å². The fraction of sp³-hybridized carbons (Fsp3) is 0. The molecule has 5 nitrogen and oxygen atoms in total. The molecule has 2 aromatic rings. The van der Waals surface area contributed by atoms with Crippen LogP contribution in [-0.2, 0) is 11.3 Å². The first-order valence-corrected chi connectivity index (χ1v) is 6.29. The molecule has 0 heterocycles. The number of rotatable bonds is 4. The largest absolute Gasteiger partial charge is 0.289 e. The van der Waals surface area contributed by atoms with Gasteiger partial charge < -0.3 is 0 Å². The summed E-state index contributed by atoms with van der Waals surface area (Å²) in [5, 5.41) is 8.12. The molecular formula is C12H11N3O2S. The maximum Gasteiger partial charge on any atom is 0.259 e. The predicted octanol–water partition coefficient (Wildman–Crippen LogP) is 3.65. The summed E-state index contributed by atoms with van der Waals surface area (Å²) < 4.78 is 21.5. The molecule has 0 fully saturated rings. The van der Waals surface area contributed by atoms with Crippen molar-refractivity contribution in [2.75, 3.05) is 4.72 Å². The molecule has 18 heavy (non-hydrogen) atoms. The van der Waals surface area contributed by atoms with Crippen molar-refractivity contribution < 1.29 is 8.76 Å². The highest BCUT2D eigenvalue weighted by atomic mass is 32.2. The number of hydrogen-bond donors (Lipinski definition) is 2. The van der Waals surface area contributed by atoms with Gasteiger partial charge in [-0.3, -0.25) is 9.27 Å². The van der Waals surface area contributed by atoms with Crippen molar-refractivity contribution >= 4 is 28.3 Å². The minimum Gasteiger partial charge on any atom is -0.289 e. The summed E-state index contributed by atoms with van der Waals surface area (Å²) >= 11 is -2.06. The van der Waals surface area contributed by atoms with E-state index in [1.165, 1.54) is 0 Å². The molecule has 92 valence electrons. The van der Waals surface area contributed by atoms with Crippen LogP contribution >= 0.6 is 0 Å². The summed E-state index contributed by atoms with van der Waals surface area (Å²) in [6, 6.07) is 16.1. The molecule has 1 unspecified atom stereocenters. The molecule has 0 aliphatic carbocycles. The zero-order valence-corrected chi connectivity index (χ0v) is 10.2. The van der Waals surface area contributed by atoms with E-state index in [0.29, 0.717) is 11.4 Å². The number of hydrogen-bond acceptors (Lipinski definition) is 3. The van der Waals surface area contributed by atoms with E-state index in [1.54, 1.807) is 24.3 Å². The smallest absolute Gasteiger partial charge is 0.259 e. The maximum atomic E-state index is 10.5. The first kappa shape index (κ1) is 12.4. The van der Waals surface area contributed by atoms with Crippen LogP contribution in [0, 0.1) is 0 Å². The highest BCUT2D eigenvalue weighted by Gasteiger charge is 1.95. The van der Waals surface area contributed by atoms with Gasteiger partial charge in [0, 0.05) is 5.69 Å². The number of anilines is 1. The molecule has 0 aliphatic rings. The van der Waals surface area contributed by atoms with Crippen LogP contribution in [0.2, 0.25) is 0 Å². The normalized spacial score (nSPS) is 12.5. The van der Waals surface area contributed by atoms with E-state index in [9.17, 15) is 4.21 Å². The lowest BCUT2D eigenvalue weighted by Gasteiger charge is -2.00. The molecule has 2 aromatic carbocycles. The quantitative estimate of drug-likeness (QED) is 0.651. The Morgan fingerprint density at radius 1 is 0.889 bits per heavy atom. The highest BCUT2D eigenvalue weighted by Crippen LogP contribution is 2.19. The molecule has 6 heteroatoms. The lowest BCUT2D eigenvalue weighted by Crippen LogP contribution is -2.00. The van der Waals surface area contributed by atoms with Gasteiger partial charge in [-0.2, -0.15) is 10.2 Å². The van der Waals surface area contributed by atoms with Crippen molar-refractivity contribution in [2.24, 2.45) is 10.2 Å². The molecule has 0 bridgehead atoms. The van der Waals surface area contributed by atoms with Gasteiger partial charge >= 0.3 is 0 Å². The summed E-state index contributed by atoms with van der Waals surface area (Å²) in [5.74, 6) is 0. The van der Waals surface area contributed by atoms with Crippen LogP contribution in [0.25, 0.3) is 0 Å². The molecule has 0 radical (unpaired) electrons. The zero-order valence-electron chi connectivity index (χ0n) is 9.35. The van der Waals surface area contributed by atoms with E-state index < -0.39 is 11.3 Å². The first-order valence-electron chi connectivity index (χ1n) is 5.18. The summed E-state index contributed by atoms with van der Waals surface area (Å²) in [7, 11) is 0. The SMILES string of the molecule is O=S(O)Nc1ccc(N=Nc2ccccc2)cc1. The van der Waals surface area contributed by atoms with Crippen LogP contribution in [0.1, 0.15) is 0 Å². The average molecular weight is 261 g/mol. The molecule has 0 aromatic heterocycles. The number of nitrogens with one attached hydrogen (secondary N) is 1. The molecule has 0 amide bonds. The van der Waals surface area contributed by atoms with Crippen molar-refractivity contribution in [3.8, 4) is 0 Å². The Morgan fingerprint density at radius 3 is 2.00 bits per heavy atom. The molecule has 0 spiro atoms. The highest BCUT2D eigenvalue weighted by molar-refractivity contribution is 7.80. The molecule has 1 atom stereocenters. The van der Waals surface area contributed by atoms with Gasteiger partial charge in [0.15, 0.2) is 0 Å². The summed E-state index contributed by atoms with van der Waals surface area (Å²) in [5.41, 5.74) is 2.00. The Morgan fingerprint density at radius 2 is 1.44 bits per heavy atom. The lowest BCUT2D eigenvalue weighted by atomic mass is 10.3. The summed E-state index contributed by atoms with van der Waals surface area (Å²) in [6.07, 6.45) is 0. The van der Waals surface area contributed by atoms with Crippen molar-refractivity contribution in [3.05, 3.63) is 54.6 Å². The Balaban J connectivity index is 2.06. The van der Waals surface area contributed by atoms with Gasteiger partial charge in [-0.15, -0.1) is 0 Å². The third-order valence-corrected chi connectivity index (χ3v) is 2.52. The molecule has 2 N–H and O–H groups in total. The van der Waals surface area contributed by atoms with Crippen molar-refractivity contribution in [1.29, 1.82) is 0 Å². The van der Waals surface area contributed by atoms with Crippen molar-refractivity contribution in [3.63, 3.8) is 0 Å². The number of azo groups is 1. The van der Waals surface area contributed by atoms with Gasteiger partial charge in [-0.1, -0.05) is 18.2 Å². The second-order valence-corrected chi connectivity index (χ2v) is 4.14. The maximum absolute atomic E-state index is 10.5. The monoisotopic (exact) mass is 261 g/mol. The fourth-order valence-corrected chi connectivity index (χ4v) is 1.64. The minimum atomic E-state index is -2.06. The Labute approximate surface area is 107 Å². The third-order valence-electron chi connectivity index (χ3n) is 2.11. The standard InChI is InChI=1S/C12H11N3O2S/c16-18(17)15-12-8-6-11(7-9-12)14-13-10-4-2-1-3-5-10/h1-9,15H,(H,16,17). The second kappa shape index (κ2) is 6.04. The van der Waals surface area contributed by atoms with Crippen LogP contribution in [0.5, 0.6) is 0 Å². The van der Waals surface area contributed by atoms with Crippen LogP contribution in [-0.4, -0.2) is 8.76 Å². The lowest BCUT2D eigenvalue weighted by molar-refractivity contribution is 0.570. The van der Waals surface area contributed by atoms with Crippen LogP contribution in [0.4, 0.5) is 17.1 Å². The van der Waals surface area contributed by atoms with Crippen LogP contribution in [0.3, 0.4) is 0 Å². The zero-order chi connectivity index (χ0) is 12.8. The van der Waals surface area contributed by atoms with Gasteiger partial charge in [0.05, 0.1) is 11.4 Å². The first-order chi connectivity index (χ1) is 8.74. The average Bonchev–Trinajstić information content (AvgIpc) is 2.38. The minimum absolute atomic E-state index is 0.550. The Kier molecular flexibility index (Phi) is 4.16.